The highest BCUT2D eigenvalue weighted by Gasteiger charge is 2.64. The molecular formula is C35H48F6O6S. The van der Waals surface area contributed by atoms with E-state index in [0.29, 0.717) is 24.2 Å². The van der Waals surface area contributed by atoms with E-state index in [2.05, 4.69) is 27.7 Å². The first kappa shape index (κ1) is 37.4. The van der Waals surface area contributed by atoms with Crippen molar-refractivity contribution in [3.05, 3.63) is 29.3 Å². The summed E-state index contributed by atoms with van der Waals surface area (Å²) in [6.45, 7) is 8.73. The summed E-state index contributed by atoms with van der Waals surface area (Å²) in [7, 11) is -4.87. The average molecular weight is 711 g/mol. The van der Waals surface area contributed by atoms with Gasteiger partial charge in [0.15, 0.2) is 15.6 Å². The van der Waals surface area contributed by atoms with Crippen LogP contribution in [-0.4, -0.2) is 49.2 Å². The molecule has 4 saturated carbocycles. The molecular weight excluding hydrogens is 662 g/mol. The largest absolute Gasteiger partial charge is 0.465 e. The standard InChI is InChI=1S/C35H48F6O6S/c1-5-24-28-17-22(42)8-11-33(28,4)27-9-12-32(3)25(6-7-26(32)30(27)31(24)44)19(2)10-13-47-29(43)18-48(45,46)23-15-20(34(36,37)38)14-21(16-23)35(39,40)41/h14-16,19,22,24-28,30-31,42,44H,5-13,17-18H2,1-4H3/t19-,22-,24-,25-,26+,27+,28+,30+,31-,32-,33-/m1/s1. The Morgan fingerprint density at radius 1 is 0.917 bits per heavy atom. The SMILES string of the molecule is CC[C@H]1[C@@H](O)[C@@H]2[C@H](CC[C@]3(C)[C@@H]([C@H](C)CCOC(=O)CS(=O)(=O)c4cc(C(F)(F)F)cc(C(F)(F)F)c4)CC[C@@H]23)[C@@]2(C)CC[C@@H](O)C[C@@H]12. The van der Waals surface area contributed by atoms with Gasteiger partial charge in [-0.05, 0) is 122 Å². The van der Waals surface area contributed by atoms with E-state index in [9.17, 15) is 49.8 Å². The van der Waals surface area contributed by atoms with E-state index in [0.717, 1.165) is 51.4 Å². The van der Waals surface area contributed by atoms with Crippen molar-refractivity contribution in [3.8, 4) is 0 Å². The van der Waals surface area contributed by atoms with Gasteiger partial charge in [0.25, 0.3) is 0 Å². The van der Waals surface area contributed by atoms with Crippen LogP contribution in [0, 0.1) is 52.3 Å². The number of hydrogen-bond acceptors (Lipinski definition) is 6. The van der Waals surface area contributed by atoms with Crippen LogP contribution in [0.3, 0.4) is 0 Å². The third-order valence-electron chi connectivity index (χ3n) is 13.2. The molecule has 0 amide bonds. The van der Waals surface area contributed by atoms with Crippen molar-refractivity contribution in [3.63, 3.8) is 0 Å². The van der Waals surface area contributed by atoms with E-state index in [1.165, 1.54) is 0 Å². The second kappa shape index (κ2) is 13.0. The van der Waals surface area contributed by atoms with Gasteiger partial charge in [0.2, 0.25) is 0 Å². The molecule has 48 heavy (non-hydrogen) atoms. The van der Waals surface area contributed by atoms with Crippen LogP contribution in [-0.2, 0) is 31.7 Å². The Kier molecular flexibility index (Phi) is 10.2. The molecule has 4 aliphatic carbocycles. The number of sulfone groups is 1. The Morgan fingerprint density at radius 2 is 1.50 bits per heavy atom. The Bertz CT molecular complexity index is 1430. The first-order valence-corrected chi connectivity index (χ1v) is 18.8. The molecule has 0 aromatic heterocycles. The molecule has 1 aromatic carbocycles. The third kappa shape index (κ3) is 6.77. The predicted octanol–water partition coefficient (Wildman–Crippen LogP) is 7.69. The lowest BCUT2D eigenvalue weighted by molar-refractivity contribution is -0.203. The van der Waals surface area contributed by atoms with Crippen molar-refractivity contribution in [2.45, 2.75) is 115 Å². The minimum absolute atomic E-state index is 0.0513. The van der Waals surface area contributed by atoms with Crippen molar-refractivity contribution in [1.29, 1.82) is 0 Å². The van der Waals surface area contributed by atoms with Crippen LogP contribution in [0.15, 0.2) is 23.1 Å². The maximum absolute atomic E-state index is 13.2. The average Bonchev–Trinajstić information content (AvgIpc) is 3.34. The van der Waals surface area contributed by atoms with Gasteiger partial charge in [0, 0.05) is 0 Å². The molecule has 0 unspecified atom stereocenters. The second-order valence-corrected chi connectivity index (χ2v) is 17.6. The lowest BCUT2D eigenvalue weighted by atomic mass is 9.41. The van der Waals surface area contributed by atoms with Gasteiger partial charge >= 0.3 is 18.3 Å². The topological polar surface area (TPSA) is 101 Å². The molecule has 2 N–H and O–H groups in total. The first-order valence-electron chi connectivity index (χ1n) is 17.2. The molecule has 0 heterocycles. The quantitative estimate of drug-likeness (QED) is 0.212. The van der Waals surface area contributed by atoms with Gasteiger partial charge in [0.1, 0.15) is 0 Å². The number of aliphatic hydroxyl groups is 2. The number of alkyl halides is 6. The van der Waals surface area contributed by atoms with Gasteiger partial charge < -0.3 is 14.9 Å². The Morgan fingerprint density at radius 3 is 2.08 bits per heavy atom. The zero-order valence-electron chi connectivity index (χ0n) is 27.9. The number of halogens is 6. The summed E-state index contributed by atoms with van der Waals surface area (Å²) in [5.74, 6) is -0.999. The van der Waals surface area contributed by atoms with Crippen LogP contribution in [0.5, 0.6) is 0 Å². The van der Waals surface area contributed by atoms with Gasteiger partial charge in [-0.25, -0.2) is 8.42 Å². The van der Waals surface area contributed by atoms with E-state index in [1.807, 2.05) is 0 Å². The highest BCUT2D eigenvalue weighted by atomic mass is 32.2. The molecule has 11 atom stereocenters. The molecule has 0 saturated heterocycles. The maximum Gasteiger partial charge on any atom is 0.416 e. The molecule has 0 bridgehead atoms. The first-order chi connectivity index (χ1) is 22.1. The molecule has 4 fully saturated rings. The summed E-state index contributed by atoms with van der Waals surface area (Å²) in [4.78, 5) is 11.3. The predicted molar refractivity (Wildman–Crippen MR) is 165 cm³/mol. The smallest absolute Gasteiger partial charge is 0.416 e. The van der Waals surface area contributed by atoms with Crippen LogP contribution >= 0.6 is 0 Å². The summed E-state index contributed by atoms with van der Waals surface area (Å²) in [6, 6.07) is 0.0145. The summed E-state index contributed by atoms with van der Waals surface area (Å²) in [5.41, 5.74) is -3.54. The number of benzene rings is 1. The van der Waals surface area contributed by atoms with Crippen LogP contribution in [0.2, 0.25) is 0 Å². The van der Waals surface area contributed by atoms with E-state index in [1.54, 1.807) is 0 Å². The Labute approximate surface area is 278 Å². The van der Waals surface area contributed by atoms with Crippen molar-refractivity contribution in [1.82, 2.24) is 0 Å². The fraction of sp³-hybridized carbons (Fsp3) is 0.800. The summed E-state index contributed by atoms with van der Waals surface area (Å²) in [5, 5.41) is 22.4. The number of ether oxygens (including phenoxy) is 1. The minimum atomic E-state index is -5.23. The van der Waals surface area contributed by atoms with Crippen molar-refractivity contribution in [2.24, 2.45) is 52.3 Å². The van der Waals surface area contributed by atoms with E-state index in [-0.39, 0.29) is 65.4 Å². The molecule has 272 valence electrons. The minimum Gasteiger partial charge on any atom is -0.465 e. The fourth-order valence-corrected chi connectivity index (χ4v) is 12.1. The van der Waals surface area contributed by atoms with Gasteiger partial charge in [-0.15, -0.1) is 0 Å². The molecule has 13 heteroatoms. The van der Waals surface area contributed by atoms with E-state index < -0.39 is 56.0 Å². The van der Waals surface area contributed by atoms with Gasteiger partial charge in [0.05, 0.1) is 34.8 Å². The normalized spacial score (nSPS) is 37.7. The van der Waals surface area contributed by atoms with Crippen molar-refractivity contribution in [2.75, 3.05) is 12.4 Å². The lowest BCUT2D eigenvalue weighted by Gasteiger charge is -2.64. The Balaban J connectivity index is 1.23. The monoisotopic (exact) mass is 710 g/mol. The zero-order valence-corrected chi connectivity index (χ0v) is 28.7. The van der Waals surface area contributed by atoms with Gasteiger partial charge in [-0.2, -0.15) is 26.3 Å². The second-order valence-electron chi connectivity index (χ2n) is 15.6. The van der Waals surface area contributed by atoms with Crippen molar-refractivity contribution < 1.29 is 54.5 Å². The number of esters is 1. The van der Waals surface area contributed by atoms with E-state index >= 15 is 0 Å². The number of hydrogen-bond donors (Lipinski definition) is 2. The fourth-order valence-electron chi connectivity index (χ4n) is 10.9. The molecule has 1 aromatic rings. The summed E-state index contributed by atoms with van der Waals surface area (Å²) < 4.78 is 110. The molecule has 0 spiro atoms. The van der Waals surface area contributed by atoms with Crippen LogP contribution in [0.25, 0.3) is 0 Å². The number of rotatable bonds is 8. The van der Waals surface area contributed by atoms with E-state index in [4.69, 9.17) is 4.74 Å². The number of fused-ring (bicyclic) bond motifs is 5. The maximum atomic E-state index is 13.2. The molecule has 0 aliphatic heterocycles. The zero-order chi connectivity index (χ0) is 35.6. The Hall–Kier alpha value is -1.86. The third-order valence-corrected chi connectivity index (χ3v) is 14.8. The molecule has 0 radical (unpaired) electrons. The highest BCUT2D eigenvalue weighted by Crippen LogP contribution is 2.69. The highest BCUT2D eigenvalue weighted by molar-refractivity contribution is 7.92. The number of aliphatic hydroxyl groups excluding tert-OH is 2. The number of carbonyl (C=O) groups excluding carboxylic acids is 1. The van der Waals surface area contributed by atoms with Gasteiger partial charge in [-0.1, -0.05) is 34.1 Å². The van der Waals surface area contributed by atoms with Crippen LogP contribution in [0.4, 0.5) is 26.3 Å². The van der Waals surface area contributed by atoms with Gasteiger partial charge in [-0.3, -0.25) is 4.79 Å². The van der Waals surface area contributed by atoms with Crippen LogP contribution < -0.4 is 0 Å². The number of carbonyl (C=O) groups is 1. The molecule has 4 aliphatic rings. The molecule has 5 rings (SSSR count). The van der Waals surface area contributed by atoms with Crippen molar-refractivity contribution >= 4 is 15.8 Å². The summed E-state index contributed by atoms with van der Waals surface area (Å²) in [6.07, 6.45) is -3.55. The van der Waals surface area contributed by atoms with Crippen LogP contribution in [0.1, 0.15) is 96.6 Å². The summed E-state index contributed by atoms with van der Waals surface area (Å²) >= 11 is 0. The molecule has 6 nitrogen and oxygen atoms in total. The lowest BCUT2D eigenvalue weighted by Crippen LogP contribution is -2.62.